The molecule has 4 heterocycles. The first kappa shape index (κ1) is 240. The normalized spacial score (nSPS) is 9.73. The molecule has 0 aromatic heterocycles. The number of hydrogen-bond acceptors (Lipinski definition) is 8. The molecule has 118 heavy (non-hydrogen) atoms. The van der Waals surface area contributed by atoms with Gasteiger partial charge in [-0.05, 0) is 0 Å². The molecular weight excluding hydrogens is 2090 g/mol. The Morgan fingerprint density at radius 1 is 0.161 bits per heavy atom. The second kappa shape index (κ2) is 157. The predicted octanol–water partition coefficient (Wildman–Crippen LogP) is -4.52. The predicted molar refractivity (Wildman–Crippen MR) is 347 cm³/mol. The molecule has 8 aromatic carbocycles. The summed E-state index contributed by atoms with van der Waals surface area (Å²) in [5.41, 5.74) is 0. The number of benzene rings is 8. The van der Waals surface area contributed by atoms with Crippen LogP contribution in [0.15, 0.2) is 243 Å². The van der Waals surface area contributed by atoms with E-state index in [1.165, 1.54) is 34.8 Å². The second-order valence-corrected chi connectivity index (χ2v) is 32.2. The third-order valence-electron chi connectivity index (χ3n) is 12.9. The maximum absolute atomic E-state index is 6.00. The van der Waals surface area contributed by atoms with Crippen molar-refractivity contribution < 1.29 is 411 Å². The van der Waals surface area contributed by atoms with E-state index in [4.69, 9.17) is 40.0 Å². The molecule has 0 spiro atoms. The summed E-state index contributed by atoms with van der Waals surface area (Å²) >= 11 is -5.54. The Labute approximate surface area is 812 Å². The fourth-order valence-electron chi connectivity index (χ4n) is 9.32. The molecule has 702 valence electrons. The van der Waals surface area contributed by atoms with E-state index in [0.717, 1.165) is 105 Å². The van der Waals surface area contributed by atoms with Crippen LogP contribution in [-0.2, 0) is 358 Å². The van der Waals surface area contributed by atoms with Gasteiger partial charge < -0.3 is 205 Å². The molecule has 54 heteroatoms. The van der Waals surface area contributed by atoms with Gasteiger partial charge >= 0.3 is 305 Å². The molecule has 4 aliphatic heterocycles. The molecule has 10 radical (unpaired) electrons. The van der Waals surface area contributed by atoms with E-state index in [1.54, 1.807) is 0 Å². The molecule has 16 N–H and O–H groups in total. The van der Waals surface area contributed by atoms with Crippen LogP contribution in [0.4, 0.5) is 0 Å². The zero-order valence-electron chi connectivity index (χ0n) is 61.9. The number of nitrogens with two attached hydrogens (primary N) is 4. The van der Waals surface area contributed by atoms with Crippen LogP contribution in [0.3, 0.4) is 0 Å². The Balaban J connectivity index is -0.0000000201. The van der Waals surface area contributed by atoms with Crippen LogP contribution in [0.2, 0.25) is 0 Å². The van der Waals surface area contributed by atoms with Gasteiger partial charge in [0.15, 0.2) is 0 Å². The summed E-state index contributed by atoms with van der Waals surface area (Å²) in [7, 11) is 0. The Morgan fingerprint density at radius 3 is 0.288 bits per heavy atom. The molecule has 0 amide bonds. The maximum atomic E-state index is 6.00. The van der Waals surface area contributed by atoms with Gasteiger partial charge in [-0.25, -0.2) is 0 Å². The van der Waals surface area contributed by atoms with Crippen molar-refractivity contribution in [3.8, 4) is 0 Å². The fourth-order valence-corrected chi connectivity index (χ4v) is 27.2. The molecule has 42 nitrogen and oxygen atoms in total. The standard InChI is InChI=1S/2C24H20As.4C4H9NO.2H2O2.2H2O.28O.10V/c2*1-5-13-21(14-6-1)25(22-15-7-2-8-16-22,23-17-9-3-10-18-23)24-19-11-4-12-20-24;4*1-3-6-4-2-5-1;2*1-2;;;;;;;;;;;;;;;;;;;;;;;;;;;;;;;;;;;;;;;;/h2*1-20H;4*5H,1-4H2;2*1-2H;2*1H2;;;;;;;;;;;;;;;;;;;;;;;;;;;;;;;;;;;;;;/q2*+1;;;;;;;;;28*-2;;;;;;;;;;/p+4. The van der Waals surface area contributed by atoms with Crippen molar-refractivity contribution in [3.05, 3.63) is 243 Å². The summed E-state index contributed by atoms with van der Waals surface area (Å²) in [5.74, 6) is 0. The van der Waals surface area contributed by atoms with E-state index in [1.807, 2.05) is 0 Å². The minimum atomic E-state index is -2.77. The van der Waals surface area contributed by atoms with E-state index in [9.17, 15) is 0 Å². The van der Waals surface area contributed by atoms with E-state index in [-0.39, 0.29) is 350 Å². The number of ether oxygens (including phenoxy) is 4. The van der Waals surface area contributed by atoms with Gasteiger partial charge in [0.1, 0.15) is 0 Å². The van der Waals surface area contributed by atoms with E-state index >= 15 is 0 Å². The molecule has 0 saturated carbocycles. The van der Waals surface area contributed by atoms with Crippen molar-refractivity contribution in [1.82, 2.24) is 0 Å². The first-order chi connectivity index (χ1) is 38.8. The van der Waals surface area contributed by atoms with E-state index in [0.29, 0.717) is 0 Å². The van der Waals surface area contributed by atoms with Crippen molar-refractivity contribution in [2.75, 3.05) is 105 Å². The quantitative estimate of drug-likeness (QED) is 0.0415. The summed E-state index contributed by atoms with van der Waals surface area (Å²) in [6, 6.07) is 88.4. The van der Waals surface area contributed by atoms with Crippen LogP contribution in [0.1, 0.15) is 0 Å². The molecule has 8 aromatic rings. The minimum absolute atomic E-state index is 0. The van der Waals surface area contributed by atoms with Gasteiger partial charge in [0, 0.05) is 186 Å². The van der Waals surface area contributed by atoms with Crippen molar-refractivity contribution in [2.45, 2.75) is 0 Å². The zero-order valence-corrected chi connectivity index (χ0v) is 79.7. The topological polar surface area (TPSA) is 1050 Å². The monoisotopic (exact) mass is 2180 g/mol. The number of quaternary nitrogens is 4. The molecule has 4 aliphatic rings. The molecule has 0 aliphatic carbocycles. The third-order valence-corrected chi connectivity index (χ3v) is 30.9. The van der Waals surface area contributed by atoms with Crippen molar-refractivity contribution >= 4 is 61.9 Å². The number of hydrogen-bond donors (Lipinski definition) is 8. The molecule has 4 saturated heterocycles. The molecule has 0 unspecified atom stereocenters. The van der Waals surface area contributed by atoms with Crippen LogP contribution < -0.4 is 56.1 Å². The van der Waals surface area contributed by atoms with E-state index in [2.05, 4.69) is 264 Å². The summed E-state index contributed by atoms with van der Waals surface area (Å²) < 4.78 is 31.7. The Hall–Kier alpha value is -0.959. The van der Waals surface area contributed by atoms with Crippen molar-refractivity contribution in [3.63, 3.8) is 0 Å². The van der Waals surface area contributed by atoms with Crippen molar-refractivity contribution in [2.24, 2.45) is 0 Å². The molecule has 12 rings (SSSR count). The fraction of sp³-hybridized carbons (Fsp3) is 0.250. The Morgan fingerprint density at radius 2 is 0.237 bits per heavy atom. The van der Waals surface area contributed by atoms with E-state index < -0.39 is 27.1 Å². The second-order valence-electron chi connectivity index (χ2n) is 17.9. The summed E-state index contributed by atoms with van der Waals surface area (Å²) in [6.07, 6.45) is 0. The molecular formula is C64H88As2N4O38V10-50. The summed E-state index contributed by atoms with van der Waals surface area (Å²) in [4.78, 5) is 0. The van der Waals surface area contributed by atoms with Gasteiger partial charge in [0.2, 0.25) is 0 Å². The van der Waals surface area contributed by atoms with Gasteiger partial charge in [0.25, 0.3) is 0 Å². The summed E-state index contributed by atoms with van der Waals surface area (Å²) in [6.45, 7) is 16.8. The zero-order chi connectivity index (χ0) is 54.9. The number of rotatable bonds is 8. The summed E-state index contributed by atoms with van der Waals surface area (Å²) in [5, 5.41) is 33.1. The SMILES string of the molecule is C1COCC[NH2+]1.C1COCC[NH2+]1.C1COCC[NH2+]1.C1COCC[NH2+]1.O.O.OO.OO.[O-2].[O-2].[O-2].[O-2].[O-2].[O-2].[O-2].[O-2].[O-2].[O-2].[O-2].[O-2].[O-2].[O-2].[O-2].[O-2].[O-2].[O-2].[O-2].[O-2].[O-2].[O-2].[O-2].[O-2].[O-2].[O-2].[O-2].[O-2].[V].[V].[V].[V].[V].[V].[V].[V].[V].[V].c1ccc([As+](c2ccccc2)(c2ccccc2)c2ccccc2)cc1.c1ccc([As+](c2ccccc2)(c2ccccc2)c2ccccc2)cc1. The first-order valence-electron chi connectivity index (χ1n) is 27.0. The average molecular weight is 2180 g/mol. The van der Waals surface area contributed by atoms with Gasteiger partial charge in [-0.15, -0.1) is 0 Å². The van der Waals surface area contributed by atoms with Gasteiger partial charge in [-0.2, -0.15) is 0 Å². The van der Waals surface area contributed by atoms with Crippen LogP contribution in [0.25, 0.3) is 0 Å². The van der Waals surface area contributed by atoms with Gasteiger partial charge in [0.05, 0.1) is 105 Å². The molecule has 0 atom stereocenters. The van der Waals surface area contributed by atoms with Crippen LogP contribution in [0, 0.1) is 0 Å². The van der Waals surface area contributed by atoms with Crippen LogP contribution in [-0.4, -0.2) is 164 Å². The van der Waals surface area contributed by atoms with Crippen molar-refractivity contribution in [1.29, 1.82) is 0 Å². The first-order valence-corrected chi connectivity index (χ1v) is 34.6. The Bertz CT molecular complexity index is 2160. The molecule has 4 fully saturated rings. The van der Waals surface area contributed by atoms with Crippen LogP contribution >= 0.6 is 0 Å². The van der Waals surface area contributed by atoms with Gasteiger partial charge in [-0.1, -0.05) is 0 Å². The Kier molecular flexibility index (Phi) is 318. The third kappa shape index (κ3) is 82.0. The number of morpholine rings is 4. The van der Waals surface area contributed by atoms with Gasteiger partial charge in [-0.3, -0.25) is 21.0 Å². The molecule has 0 bridgehead atoms. The van der Waals surface area contributed by atoms with Crippen LogP contribution in [0.5, 0.6) is 0 Å². The average Bonchev–Trinajstić information content (AvgIpc) is 0.748.